The molecule has 0 bridgehead atoms. The molecule has 2 aromatic rings. The first kappa shape index (κ1) is 14.4. The summed E-state index contributed by atoms with van der Waals surface area (Å²) in [6.45, 7) is 1.92. The number of hydrogen-bond acceptors (Lipinski definition) is 1. The molecule has 0 radical (unpaired) electrons. The minimum atomic E-state index is -0.361. The summed E-state index contributed by atoms with van der Waals surface area (Å²) in [5, 5.41) is 0. The van der Waals surface area contributed by atoms with Crippen molar-refractivity contribution < 1.29 is 9.18 Å². The number of hydrogen-bond donors (Lipinski definition) is 0. The van der Waals surface area contributed by atoms with Gasteiger partial charge in [-0.3, -0.25) is 4.79 Å². The van der Waals surface area contributed by atoms with E-state index in [1.165, 1.54) is 6.07 Å². The van der Waals surface area contributed by atoms with E-state index in [-0.39, 0.29) is 18.0 Å². The number of carbonyl (C=O) groups is 1. The summed E-state index contributed by atoms with van der Waals surface area (Å²) in [6, 6.07) is 10.2. The SMILES string of the molecule is Cc1ccc(Br)c(C(=O)Cc2cc(Br)ccc2F)c1. The van der Waals surface area contributed by atoms with Gasteiger partial charge in [0.2, 0.25) is 0 Å². The van der Waals surface area contributed by atoms with Crippen molar-refractivity contribution in [2.24, 2.45) is 0 Å². The summed E-state index contributed by atoms with van der Waals surface area (Å²) in [4.78, 5) is 12.2. The lowest BCUT2D eigenvalue weighted by Gasteiger charge is -2.06. The molecule has 0 aliphatic carbocycles. The lowest BCUT2D eigenvalue weighted by atomic mass is 10.0. The Morgan fingerprint density at radius 2 is 1.89 bits per heavy atom. The van der Waals surface area contributed by atoms with Crippen LogP contribution in [-0.2, 0) is 6.42 Å². The van der Waals surface area contributed by atoms with Gasteiger partial charge in [-0.25, -0.2) is 4.39 Å². The number of rotatable bonds is 3. The Bertz CT molecular complexity index is 638. The standard InChI is InChI=1S/C15H11Br2FO/c1-9-2-4-13(17)12(6-9)15(19)8-10-7-11(16)3-5-14(10)18/h2-7H,8H2,1H3. The lowest BCUT2D eigenvalue weighted by molar-refractivity contribution is 0.0991. The maximum Gasteiger partial charge on any atom is 0.168 e. The van der Waals surface area contributed by atoms with Crippen LogP contribution in [0.25, 0.3) is 0 Å². The van der Waals surface area contributed by atoms with Crippen molar-refractivity contribution in [3.05, 3.63) is 67.9 Å². The highest BCUT2D eigenvalue weighted by molar-refractivity contribution is 9.10. The molecular weight excluding hydrogens is 375 g/mol. The van der Waals surface area contributed by atoms with Gasteiger partial charge in [0, 0.05) is 20.9 Å². The normalized spacial score (nSPS) is 10.5. The van der Waals surface area contributed by atoms with E-state index in [2.05, 4.69) is 31.9 Å². The van der Waals surface area contributed by atoms with Crippen LogP contribution in [-0.4, -0.2) is 5.78 Å². The molecule has 4 heteroatoms. The Labute approximate surface area is 128 Å². The van der Waals surface area contributed by atoms with E-state index in [1.54, 1.807) is 12.1 Å². The topological polar surface area (TPSA) is 17.1 Å². The van der Waals surface area contributed by atoms with Crippen LogP contribution in [0.5, 0.6) is 0 Å². The molecule has 2 aromatic carbocycles. The summed E-state index contributed by atoms with van der Waals surface area (Å²) in [6.07, 6.45) is 0.0489. The summed E-state index contributed by atoms with van der Waals surface area (Å²) in [5.74, 6) is -0.465. The van der Waals surface area contributed by atoms with E-state index >= 15 is 0 Å². The molecule has 0 aliphatic rings. The molecule has 0 spiro atoms. The van der Waals surface area contributed by atoms with Gasteiger partial charge in [0.05, 0.1) is 0 Å². The Balaban J connectivity index is 2.30. The smallest absolute Gasteiger partial charge is 0.168 e. The second kappa shape index (κ2) is 5.97. The first-order valence-corrected chi connectivity index (χ1v) is 7.29. The van der Waals surface area contributed by atoms with Gasteiger partial charge < -0.3 is 0 Å². The fourth-order valence-electron chi connectivity index (χ4n) is 1.80. The minimum Gasteiger partial charge on any atom is -0.294 e. The second-order valence-electron chi connectivity index (χ2n) is 4.32. The van der Waals surface area contributed by atoms with Crippen LogP contribution in [0.4, 0.5) is 4.39 Å². The zero-order valence-electron chi connectivity index (χ0n) is 10.2. The maximum absolute atomic E-state index is 13.6. The third kappa shape index (κ3) is 3.51. The molecule has 1 nitrogen and oxygen atoms in total. The Hall–Kier alpha value is -1.00. The van der Waals surface area contributed by atoms with E-state index in [9.17, 15) is 9.18 Å². The van der Waals surface area contributed by atoms with Crippen molar-refractivity contribution in [3.8, 4) is 0 Å². The minimum absolute atomic E-state index is 0.0489. The predicted octanol–water partition coefficient (Wildman–Crippen LogP) is 5.08. The van der Waals surface area contributed by atoms with Crippen LogP contribution >= 0.6 is 31.9 Å². The number of halogens is 3. The summed E-state index contributed by atoms with van der Waals surface area (Å²) < 4.78 is 15.1. The molecular formula is C15H11Br2FO. The quantitative estimate of drug-likeness (QED) is 0.673. The molecule has 19 heavy (non-hydrogen) atoms. The van der Waals surface area contributed by atoms with E-state index in [0.29, 0.717) is 11.1 Å². The van der Waals surface area contributed by atoms with Crippen molar-refractivity contribution in [2.45, 2.75) is 13.3 Å². The first-order chi connectivity index (χ1) is 8.97. The Morgan fingerprint density at radius 1 is 1.16 bits per heavy atom. The Kier molecular flexibility index (Phi) is 4.53. The molecule has 2 rings (SSSR count). The van der Waals surface area contributed by atoms with Crippen molar-refractivity contribution in [3.63, 3.8) is 0 Å². The van der Waals surface area contributed by atoms with Crippen LogP contribution in [0.3, 0.4) is 0 Å². The molecule has 0 N–H and O–H groups in total. The molecule has 98 valence electrons. The number of Topliss-reactive ketones (excluding diaryl/α,β-unsaturated/α-hetero) is 1. The summed E-state index contributed by atoms with van der Waals surface area (Å²) in [5.41, 5.74) is 1.98. The number of aryl methyl sites for hydroxylation is 1. The molecule has 0 aliphatic heterocycles. The average Bonchev–Trinajstić information content (AvgIpc) is 2.36. The molecule has 0 unspecified atom stereocenters. The van der Waals surface area contributed by atoms with Crippen molar-refractivity contribution in [2.75, 3.05) is 0 Å². The highest BCUT2D eigenvalue weighted by Crippen LogP contribution is 2.22. The van der Waals surface area contributed by atoms with Crippen molar-refractivity contribution in [1.82, 2.24) is 0 Å². The zero-order valence-corrected chi connectivity index (χ0v) is 13.4. The monoisotopic (exact) mass is 384 g/mol. The molecule has 0 saturated carbocycles. The third-order valence-corrected chi connectivity index (χ3v) is 3.97. The van der Waals surface area contributed by atoms with Crippen molar-refractivity contribution >= 4 is 37.6 Å². The van der Waals surface area contributed by atoms with Gasteiger partial charge >= 0.3 is 0 Å². The van der Waals surface area contributed by atoms with E-state index < -0.39 is 0 Å². The van der Waals surface area contributed by atoms with E-state index in [1.807, 2.05) is 25.1 Å². The van der Waals surface area contributed by atoms with Gasteiger partial charge in [-0.05, 0) is 42.8 Å². The zero-order chi connectivity index (χ0) is 14.0. The first-order valence-electron chi connectivity index (χ1n) is 5.70. The molecule has 0 amide bonds. The van der Waals surface area contributed by atoms with Crippen LogP contribution in [0.2, 0.25) is 0 Å². The molecule has 0 fully saturated rings. The number of benzene rings is 2. The average molecular weight is 386 g/mol. The molecule has 0 heterocycles. The number of carbonyl (C=O) groups excluding carboxylic acids is 1. The van der Waals surface area contributed by atoms with Gasteiger partial charge in [-0.2, -0.15) is 0 Å². The maximum atomic E-state index is 13.6. The third-order valence-electron chi connectivity index (χ3n) is 2.78. The van der Waals surface area contributed by atoms with Crippen molar-refractivity contribution in [1.29, 1.82) is 0 Å². The molecule has 0 aromatic heterocycles. The van der Waals surface area contributed by atoms with Gasteiger partial charge in [-0.1, -0.05) is 43.5 Å². The van der Waals surface area contributed by atoms with Gasteiger partial charge in [-0.15, -0.1) is 0 Å². The molecule has 0 atom stereocenters. The van der Waals surface area contributed by atoms with Crippen LogP contribution in [0.15, 0.2) is 45.3 Å². The highest BCUT2D eigenvalue weighted by Gasteiger charge is 2.13. The Morgan fingerprint density at radius 3 is 2.63 bits per heavy atom. The molecule has 0 saturated heterocycles. The van der Waals surface area contributed by atoms with E-state index in [0.717, 1.165) is 14.5 Å². The number of ketones is 1. The largest absolute Gasteiger partial charge is 0.294 e. The van der Waals surface area contributed by atoms with Crippen LogP contribution in [0.1, 0.15) is 21.5 Å². The summed E-state index contributed by atoms with van der Waals surface area (Å²) in [7, 11) is 0. The fraction of sp³-hybridized carbons (Fsp3) is 0.133. The van der Waals surface area contributed by atoms with Gasteiger partial charge in [0.25, 0.3) is 0 Å². The van der Waals surface area contributed by atoms with Gasteiger partial charge in [0.1, 0.15) is 5.82 Å². The summed E-state index contributed by atoms with van der Waals surface area (Å²) >= 11 is 6.63. The van der Waals surface area contributed by atoms with Crippen LogP contribution in [0, 0.1) is 12.7 Å². The second-order valence-corrected chi connectivity index (χ2v) is 6.09. The van der Waals surface area contributed by atoms with Gasteiger partial charge in [0.15, 0.2) is 5.78 Å². The predicted molar refractivity (Wildman–Crippen MR) is 81.0 cm³/mol. The highest BCUT2D eigenvalue weighted by atomic mass is 79.9. The van der Waals surface area contributed by atoms with E-state index in [4.69, 9.17) is 0 Å². The lowest BCUT2D eigenvalue weighted by Crippen LogP contribution is -2.06. The van der Waals surface area contributed by atoms with Crippen LogP contribution < -0.4 is 0 Å². The fourth-order valence-corrected chi connectivity index (χ4v) is 2.68.